The molecule has 1 N–H and O–H groups in total. The summed E-state index contributed by atoms with van der Waals surface area (Å²) >= 11 is 0. The minimum absolute atomic E-state index is 0.116. The molecule has 1 unspecified atom stereocenters. The van der Waals surface area contributed by atoms with E-state index in [1.807, 2.05) is 0 Å². The maximum absolute atomic E-state index is 12.6. The number of amides is 1. The minimum Gasteiger partial charge on any atom is -0.481 e. The standard InChI is InChI=1S/C15H13N3O5/c19-14(17-7-5-9(8-17)15(20)21)11-3-4-12(18(22)23)10-2-1-6-16-13(10)11/h1-4,6,9H,5,7-8H2,(H,20,21). The van der Waals surface area contributed by atoms with Crippen molar-refractivity contribution in [3.05, 3.63) is 46.1 Å². The third-order valence-corrected chi connectivity index (χ3v) is 4.00. The van der Waals surface area contributed by atoms with Crippen LogP contribution in [0.25, 0.3) is 10.9 Å². The van der Waals surface area contributed by atoms with Crippen molar-refractivity contribution >= 4 is 28.5 Å². The Morgan fingerprint density at radius 2 is 2.13 bits per heavy atom. The van der Waals surface area contributed by atoms with Gasteiger partial charge in [0, 0.05) is 25.4 Å². The number of carbonyl (C=O) groups is 2. The number of carboxylic acids is 1. The predicted molar refractivity (Wildman–Crippen MR) is 80.0 cm³/mol. The first kappa shape index (κ1) is 14.9. The summed E-state index contributed by atoms with van der Waals surface area (Å²) in [7, 11) is 0. The number of aromatic nitrogens is 1. The topological polar surface area (TPSA) is 114 Å². The van der Waals surface area contributed by atoms with Crippen LogP contribution in [0.4, 0.5) is 5.69 Å². The Balaban J connectivity index is 2.01. The Kier molecular flexibility index (Phi) is 3.65. The van der Waals surface area contributed by atoms with Gasteiger partial charge in [-0.3, -0.25) is 24.7 Å². The van der Waals surface area contributed by atoms with Crippen LogP contribution < -0.4 is 0 Å². The van der Waals surface area contributed by atoms with Gasteiger partial charge in [0.05, 0.1) is 27.3 Å². The maximum Gasteiger partial charge on any atom is 0.308 e. The number of hydrogen-bond acceptors (Lipinski definition) is 5. The fraction of sp³-hybridized carbons (Fsp3) is 0.267. The van der Waals surface area contributed by atoms with Crippen molar-refractivity contribution in [2.24, 2.45) is 5.92 Å². The molecule has 8 heteroatoms. The number of nitro benzene ring substituents is 1. The number of nitro groups is 1. The molecule has 1 amide bonds. The van der Waals surface area contributed by atoms with Crippen LogP contribution in [-0.4, -0.2) is 44.9 Å². The lowest BCUT2D eigenvalue weighted by Crippen LogP contribution is -2.30. The highest BCUT2D eigenvalue weighted by Crippen LogP contribution is 2.28. The monoisotopic (exact) mass is 315 g/mol. The molecule has 2 heterocycles. The fourth-order valence-electron chi connectivity index (χ4n) is 2.81. The van der Waals surface area contributed by atoms with E-state index >= 15 is 0 Å². The molecule has 2 aromatic rings. The van der Waals surface area contributed by atoms with Crippen LogP contribution in [0.5, 0.6) is 0 Å². The van der Waals surface area contributed by atoms with E-state index in [2.05, 4.69) is 4.98 Å². The van der Waals surface area contributed by atoms with Crippen molar-refractivity contribution in [2.75, 3.05) is 13.1 Å². The van der Waals surface area contributed by atoms with Gasteiger partial charge < -0.3 is 10.0 Å². The van der Waals surface area contributed by atoms with E-state index in [9.17, 15) is 19.7 Å². The molecule has 1 saturated heterocycles. The molecular weight excluding hydrogens is 302 g/mol. The molecule has 0 spiro atoms. The number of rotatable bonds is 3. The van der Waals surface area contributed by atoms with Crippen molar-refractivity contribution in [3.63, 3.8) is 0 Å². The molecule has 1 aromatic heterocycles. The fourth-order valence-corrected chi connectivity index (χ4v) is 2.81. The highest BCUT2D eigenvalue weighted by molar-refractivity contribution is 6.07. The van der Waals surface area contributed by atoms with Gasteiger partial charge >= 0.3 is 5.97 Å². The average molecular weight is 315 g/mol. The molecule has 0 radical (unpaired) electrons. The lowest BCUT2D eigenvalue weighted by Gasteiger charge is -2.16. The molecule has 1 aliphatic heterocycles. The second kappa shape index (κ2) is 5.64. The molecule has 8 nitrogen and oxygen atoms in total. The quantitative estimate of drug-likeness (QED) is 0.681. The summed E-state index contributed by atoms with van der Waals surface area (Å²) in [5.74, 6) is -1.85. The normalized spacial score (nSPS) is 17.4. The van der Waals surface area contributed by atoms with Gasteiger partial charge in [0.15, 0.2) is 0 Å². The van der Waals surface area contributed by atoms with Crippen LogP contribution in [0, 0.1) is 16.0 Å². The van der Waals surface area contributed by atoms with Gasteiger partial charge in [0.2, 0.25) is 0 Å². The third kappa shape index (κ3) is 2.59. The summed E-state index contributed by atoms with van der Waals surface area (Å²) in [6.07, 6.45) is 1.87. The van der Waals surface area contributed by atoms with Gasteiger partial charge in [-0.25, -0.2) is 0 Å². The summed E-state index contributed by atoms with van der Waals surface area (Å²) < 4.78 is 0. The van der Waals surface area contributed by atoms with Crippen LogP contribution >= 0.6 is 0 Å². The highest BCUT2D eigenvalue weighted by atomic mass is 16.6. The number of carbonyl (C=O) groups excluding carboxylic acids is 1. The first-order valence-electron chi connectivity index (χ1n) is 7.03. The van der Waals surface area contributed by atoms with Gasteiger partial charge in [-0.2, -0.15) is 0 Å². The molecule has 0 saturated carbocycles. The van der Waals surface area contributed by atoms with Crippen molar-refractivity contribution in [1.82, 2.24) is 9.88 Å². The minimum atomic E-state index is -0.924. The zero-order valence-electron chi connectivity index (χ0n) is 12.0. The van der Waals surface area contributed by atoms with Crippen molar-refractivity contribution in [1.29, 1.82) is 0 Å². The first-order chi connectivity index (χ1) is 11.0. The molecule has 0 aliphatic carbocycles. The number of nitrogens with zero attached hydrogens (tertiary/aromatic N) is 3. The molecular formula is C15H13N3O5. The zero-order chi connectivity index (χ0) is 16.6. The Hall–Kier alpha value is -3.03. The van der Waals surface area contributed by atoms with E-state index in [0.29, 0.717) is 13.0 Å². The van der Waals surface area contributed by atoms with Crippen molar-refractivity contribution in [2.45, 2.75) is 6.42 Å². The van der Waals surface area contributed by atoms with Gasteiger partial charge in [0.1, 0.15) is 0 Å². The van der Waals surface area contributed by atoms with E-state index in [0.717, 1.165) is 0 Å². The Morgan fingerprint density at radius 1 is 1.35 bits per heavy atom. The highest BCUT2D eigenvalue weighted by Gasteiger charge is 2.32. The molecule has 0 bridgehead atoms. The lowest BCUT2D eigenvalue weighted by molar-refractivity contribution is -0.383. The van der Waals surface area contributed by atoms with E-state index in [4.69, 9.17) is 5.11 Å². The predicted octanol–water partition coefficient (Wildman–Crippen LogP) is 1.69. The Morgan fingerprint density at radius 3 is 2.78 bits per heavy atom. The van der Waals surface area contributed by atoms with Crippen LogP contribution in [-0.2, 0) is 4.79 Å². The Labute approximate surface area is 130 Å². The van der Waals surface area contributed by atoms with Crippen LogP contribution in [0.1, 0.15) is 16.8 Å². The maximum atomic E-state index is 12.6. The van der Waals surface area contributed by atoms with E-state index in [-0.39, 0.29) is 34.6 Å². The molecule has 1 aromatic carbocycles. The number of likely N-dealkylation sites (tertiary alicyclic amines) is 1. The van der Waals surface area contributed by atoms with Crippen LogP contribution in [0.3, 0.4) is 0 Å². The first-order valence-corrected chi connectivity index (χ1v) is 7.03. The van der Waals surface area contributed by atoms with Crippen molar-refractivity contribution < 1.29 is 19.6 Å². The van der Waals surface area contributed by atoms with Gasteiger partial charge in [0.25, 0.3) is 11.6 Å². The molecule has 3 rings (SSSR count). The van der Waals surface area contributed by atoms with Gasteiger partial charge in [-0.15, -0.1) is 0 Å². The third-order valence-electron chi connectivity index (χ3n) is 4.00. The molecule has 118 valence electrons. The number of benzene rings is 1. The number of pyridine rings is 1. The summed E-state index contributed by atoms with van der Waals surface area (Å²) in [4.78, 5) is 39.8. The Bertz CT molecular complexity index is 820. The summed E-state index contributed by atoms with van der Waals surface area (Å²) in [5.41, 5.74) is 0.386. The van der Waals surface area contributed by atoms with Crippen LogP contribution in [0.15, 0.2) is 30.5 Å². The molecule has 23 heavy (non-hydrogen) atoms. The lowest BCUT2D eigenvalue weighted by atomic mass is 10.1. The number of hydrogen-bond donors (Lipinski definition) is 1. The van der Waals surface area contributed by atoms with E-state index < -0.39 is 16.8 Å². The smallest absolute Gasteiger partial charge is 0.308 e. The van der Waals surface area contributed by atoms with Gasteiger partial charge in [-0.05, 0) is 24.6 Å². The molecule has 1 atom stereocenters. The second-order valence-corrected chi connectivity index (χ2v) is 5.36. The summed E-state index contributed by atoms with van der Waals surface area (Å²) in [6.45, 7) is 0.487. The largest absolute Gasteiger partial charge is 0.481 e. The number of carboxylic acid groups (broad SMARTS) is 1. The van der Waals surface area contributed by atoms with Gasteiger partial charge in [-0.1, -0.05) is 0 Å². The summed E-state index contributed by atoms with van der Waals surface area (Å²) in [5, 5.41) is 20.4. The van der Waals surface area contributed by atoms with E-state index in [1.165, 1.54) is 23.2 Å². The SMILES string of the molecule is O=C(O)C1CCN(C(=O)c2ccc([N+](=O)[O-])c3cccnc23)C1. The van der Waals surface area contributed by atoms with Crippen molar-refractivity contribution in [3.8, 4) is 0 Å². The average Bonchev–Trinajstić information content (AvgIpc) is 3.03. The summed E-state index contributed by atoms with van der Waals surface area (Å²) in [6, 6.07) is 5.77. The number of non-ortho nitro benzene ring substituents is 1. The zero-order valence-corrected chi connectivity index (χ0v) is 12.0. The number of fused-ring (bicyclic) bond motifs is 1. The van der Waals surface area contributed by atoms with E-state index in [1.54, 1.807) is 12.1 Å². The molecule has 1 fully saturated rings. The molecule has 1 aliphatic rings. The van der Waals surface area contributed by atoms with Crippen LogP contribution in [0.2, 0.25) is 0 Å². The second-order valence-electron chi connectivity index (χ2n) is 5.36. The number of aliphatic carboxylic acids is 1.